The molecule has 3 N–H and O–H groups in total. The minimum Gasteiger partial charge on any atom is -0.352 e. The average Bonchev–Trinajstić information content (AvgIpc) is 3.46. The summed E-state index contributed by atoms with van der Waals surface area (Å²) in [4.78, 5) is 24.5. The third-order valence-electron chi connectivity index (χ3n) is 4.25. The van der Waals surface area contributed by atoms with Gasteiger partial charge in [0.1, 0.15) is 17.7 Å². The summed E-state index contributed by atoms with van der Waals surface area (Å²) < 4.78 is 26.5. The van der Waals surface area contributed by atoms with E-state index in [1.165, 1.54) is 0 Å². The van der Waals surface area contributed by atoms with Crippen molar-refractivity contribution in [2.24, 2.45) is 0 Å². The van der Waals surface area contributed by atoms with Gasteiger partial charge in [-0.2, -0.15) is 0 Å². The predicted molar refractivity (Wildman–Crippen MR) is 97.0 cm³/mol. The SMILES string of the molecule is O=C(NCCN[C@@H](C(=O)NC1CC1)c1ccccc1)c1ccc(F)cc1F. The monoisotopic (exact) mass is 373 g/mol. The molecule has 1 aliphatic carbocycles. The second-order valence-corrected chi connectivity index (χ2v) is 6.46. The number of nitrogens with one attached hydrogen (secondary N) is 3. The van der Waals surface area contributed by atoms with Crippen LogP contribution in [0.1, 0.15) is 34.8 Å². The van der Waals surface area contributed by atoms with E-state index in [-0.39, 0.29) is 24.1 Å². The second-order valence-electron chi connectivity index (χ2n) is 6.46. The van der Waals surface area contributed by atoms with Gasteiger partial charge in [-0.05, 0) is 30.5 Å². The molecule has 0 bridgehead atoms. The summed E-state index contributed by atoms with van der Waals surface area (Å²) in [7, 11) is 0. The van der Waals surface area contributed by atoms with Gasteiger partial charge >= 0.3 is 0 Å². The van der Waals surface area contributed by atoms with E-state index < -0.39 is 23.6 Å². The van der Waals surface area contributed by atoms with Gasteiger partial charge < -0.3 is 16.0 Å². The van der Waals surface area contributed by atoms with Gasteiger partial charge in [0.15, 0.2) is 0 Å². The first-order valence-electron chi connectivity index (χ1n) is 8.86. The minimum atomic E-state index is -0.911. The summed E-state index contributed by atoms with van der Waals surface area (Å²) in [5.74, 6) is -2.39. The fourth-order valence-corrected chi connectivity index (χ4v) is 2.68. The van der Waals surface area contributed by atoms with E-state index in [2.05, 4.69) is 16.0 Å². The molecule has 7 heteroatoms. The quantitative estimate of drug-likeness (QED) is 0.622. The molecule has 0 heterocycles. The maximum atomic E-state index is 13.6. The number of carbonyl (C=O) groups excluding carboxylic acids is 2. The zero-order chi connectivity index (χ0) is 19.2. The van der Waals surface area contributed by atoms with Gasteiger partial charge in [0.05, 0.1) is 5.56 Å². The van der Waals surface area contributed by atoms with Crippen LogP contribution in [0.3, 0.4) is 0 Å². The fraction of sp³-hybridized carbons (Fsp3) is 0.300. The number of carbonyl (C=O) groups is 2. The number of hydrogen-bond acceptors (Lipinski definition) is 3. The summed E-state index contributed by atoms with van der Waals surface area (Å²) in [5.41, 5.74) is 0.606. The van der Waals surface area contributed by atoms with E-state index in [1.54, 1.807) is 0 Å². The van der Waals surface area contributed by atoms with Crippen molar-refractivity contribution in [1.82, 2.24) is 16.0 Å². The molecule has 3 rings (SSSR count). The first-order valence-corrected chi connectivity index (χ1v) is 8.86. The number of halogens is 2. The molecule has 1 aliphatic rings. The first-order chi connectivity index (χ1) is 13.0. The second kappa shape index (κ2) is 8.73. The molecule has 5 nitrogen and oxygen atoms in total. The zero-order valence-corrected chi connectivity index (χ0v) is 14.7. The summed E-state index contributed by atoms with van der Waals surface area (Å²) in [6, 6.07) is 11.8. The minimum absolute atomic E-state index is 0.111. The van der Waals surface area contributed by atoms with Crippen molar-refractivity contribution in [3.63, 3.8) is 0 Å². The van der Waals surface area contributed by atoms with Crippen molar-refractivity contribution in [3.8, 4) is 0 Å². The van der Waals surface area contributed by atoms with Gasteiger partial charge in [0.25, 0.3) is 5.91 Å². The van der Waals surface area contributed by atoms with Crippen LogP contribution < -0.4 is 16.0 Å². The summed E-state index contributed by atoms with van der Waals surface area (Å²) >= 11 is 0. The van der Waals surface area contributed by atoms with Crippen LogP contribution in [0.5, 0.6) is 0 Å². The highest BCUT2D eigenvalue weighted by molar-refractivity contribution is 5.94. The highest BCUT2D eigenvalue weighted by Crippen LogP contribution is 2.21. The van der Waals surface area contributed by atoms with Crippen LogP contribution in [0, 0.1) is 11.6 Å². The molecular weight excluding hydrogens is 352 g/mol. The average molecular weight is 373 g/mol. The Labute approximate surface area is 156 Å². The Bertz CT molecular complexity index is 810. The lowest BCUT2D eigenvalue weighted by Gasteiger charge is -2.19. The van der Waals surface area contributed by atoms with Gasteiger partial charge in [-0.15, -0.1) is 0 Å². The van der Waals surface area contributed by atoms with Crippen LogP contribution in [0.2, 0.25) is 0 Å². The molecule has 0 aliphatic heterocycles. The zero-order valence-electron chi connectivity index (χ0n) is 14.7. The van der Waals surface area contributed by atoms with E-state index >= 15 is 0 Å². The summed E-state index contributed by atoms with van der Waals surface area (Å²) in [6.45, 7) is 0.502. The molecule has 0 aromatic heterocycles. The van der Waals surface area contributed by atoms with Crippen molar-refractivity contribution in [1.29, 1.82) is 0 Å². The lowest BCUT2D eigenvalue weighted by atomic mass is 10.1. The van der Waals surface area contributed by atoms with Crippen LogP contribution in [0.25, 0.3) is 0 Å². The molecule has 2 amide bonds. The van der Waals surface area contributed by atoms with Gasteiger partial charge in [-0.25, -0.2) is 8.78 Å². The molecule has 0 radical (unpaired) electrons. The van der Waals surface area contributed by atoms with Crippen molar-refractivity contribution >= 4 is 11.8 Å². The van der Waals surface area contributed by atoms with Gasteiger partial charge in [0.2, 0.25) is 5.91 Å². The molecule has 142 valence electrons. The van der Waals surface area contributed by atoms with Crippen LogP contribution in [0.4, 0.5) is 8.78 Å². The lowest BCUT2D eigenvalue weighted by Crippen LogP contribution is -2.41. The number of benzene rings is 2. The predicted octanol–water partition coefficient (Wildman–Crippen LogP) is 2.30. The highest BCUT2D eigenvalue weighted by atomic mass is 19.1. The van der Waals surface area contributed by atoms with Crippen LogP contribution in [-0.2, 0) is 4.79 Å². The normalized spacial score (nSPS) is 14.4. The Morgan fingerprint density at radius 2 is 1.78 bits per heavy atom. The summed E-state index contributed by atoms with van der Waals surface area (Å²) in [5, 5.41) is 8.65. The van der Waals surface area contributed by atoms with Gasteiger partial charge in [0, 0.05) is 25.2 Å². The van der Waals surface area contributed by atoms with E-state index in [0.29, 0.717) is 12.6 Å². The molecule has 0 spiro atoms. The lowest BCUT2D eigenvalue weighted by molar-refractivity contribution is -0.123. The number of hydrogen-bond donors (Lipinski definition) is 3. The Hall–Kier alpha value is -2.80. The van der Waals surface area contributed by atoms with Gasteiger partial charge in [-0.1, -0.05) is 30.3 Å². The maximum Gasteiger partial charge on any atom is 0.254 e. The Kier molecular flexibility index (Phi) is 6.13. The molecule has 1 fully saturated rings. The van der Waals surface area contributed by atoms with Crippen molar-refractivity contribution in [2.75, 3.05) is 13.1 Å². The van der Waals surface area contributed by atoms with E-state index in [4.69, 9.17) is 0 Å². The molecule has 1 saturated carbocycles. The highest BCUT2D eigenvalue weighted by Gasteiger charge is 2.28. The first kappa shape index (κ1) is 19.0. The van der Waals surface area contributed by atoms with Crippen molar-refractivity contribution in [3.05, 3.63) is 71.3 Å². The molecule has 2 aromatic carbocycles. The Balaban J connectivity index is 1.54. The Morgan fingerprint density at radius 3 is 2.44 bits per heavy atom. The molecular formula is C20H21F2N3O2. The maximum absolute atomic E-state index is 13.6. The van der Waals surface area contributed by atoms with Crippen LogP contribution >= 0.6 is 0 Å². The van der Waals surface area contributed by atoms with E-state index in [0.717, 1.165) is 30.5 Å². The van der Waals surface area contributed by atoms with Gasteiger partial charge in [-0.3, -0.25) is 9.59 Å². The molecule has 27 heavy (non-hydrogen) atoms. The number of rotatable bonds is 8. The topological polar surface area (TPSA) is 70.2 Å². The van der Waals surface area contributed by atoms with Crippen molar-refractivity contribution < 1.29 is 18.4 Å². The molecule has 0 unspecified atom stereocenters. The van der Waals surface area contributed by atoms with E-state index in [9.17, 15) is 18.4 Å². The third-order valence-corrected chi connectivity index (χ3v) is 4.25. The third kappa shape index (κ3) is 5.34. The largest absolute Gasteiger partial charge is 0.352 e. The van der Waals surface area contributed by atoms with Crippen LogP contribution in [-0.4, -0.2) is 30.9 Å². The smallest absolute Gasteiger partial charge is 0.254 e. The molecule has 1 atom stereocenters. The van der Waals surface area contributed by atoms with E-state index in [1.807, 2.05) is 30.3 Å². The standard InChI is InChI=1S/C20H21F2N3O2/c21-14-6-9-16(17(22)12-14)19(26)24-11-10-23-18(13-4-2-1-3-5-13)20(27)25-15-7-8-15/h1-6,9,12,15,18,23H,7-8,10-11H2,(H,24,26)(H,25,27)/t18-/m1/s1. The Morgan fingerprint density at radius 1 is 1.04 bits per heavy atom. The molecule has 2 aromatic rings. The van der Waals surface area contributed by atoms with Crippen molar-refractivity contribution in [2.45, 2.75) is 24.9 Å². The summed E-state index contributed by atoms with van der Waals surface area (Å²) in [6.07, 6.45) is 1.99. The van der Waals surface area contributed by atoms with Crippen LogP contribution in [0.15, 0.2) is 48.5 Å². The fourth-order valence-electron chi connectivity index (χ4n) is 2.68. The molecule has 0 saturated heterocycles. The number of amides is 2.